The third-order valence-corrected chi connectivity index (χ3v) is 4.28. The predicted molar refractivity (Wildman–Crippen MR) is 88.3 cm³/mol. The van der Waals surface area contributed by atoms with Crippen molar-refractivity contribution in [2.45, 2.75) is 38.3 Å². The number of nitrogens with one attached hydrogen (secondary N) is 2. The van der Waals surface area contributed by atoms with Crippen LogP contribution in [0.15, 0.2) is 24.3 Å². The van der Waals surface area contributed by atoms with Crippen molar-refractivity contribution in [3.05, 3.63) is 24.3 Å². The van der Waals surface area contributed by atoms with Gasteiger partial charge in [0.05, 0.1) is 13.2 Å². The van der Waals surface area contributed by atoms with Gasteiger partial charge in [-0.25, -0.2) is 0 Å². The van der Waals surface area contributed by atoms with Crippen molar-refractivity contribution in [1.82, 2.24) is 5.32 Å². The Labute approximate surface area is 132 Å². The maximum absolute atomic E-state index is 11.9. The molecule has 0 spiro atoms. The molecular weight excluding hydrogens is 278 g/mol. The number of benzene rings is 1. The van der Waals surface area contributed by atoms with E-state index in [1.165, 1.54) is 0 Å². The van der Waals surface area contributed by atoms with Gasteiger partial charge in [0.25, 0.3) is 0 Å². The standard InChI is InChI=1S/C17H25N3O2/c1-13(10-15-12-22-9-7-18-15)19-14-4-2-5-16(11-14)20-8-3-6-17(20)21/h2,4-5,11,13,15,18-19H,3,6-10,12H2,1H3. The van der Waals surface area contributed by atoms with E-state index in [4.69, 9.17) is 4.74 Å². The number of rotatable bonds is 5. The Morgan fingerprint density at radius 2 is 2.41 bits per heavy atom. The molecule has 2 aliphatic heterocycles. The summed E-state index contributed by atoms with van der Waals surface area (Å²) in [7, 11) is 0. The molecule has 0 bridgehead atoms. The minimum Gasteiger partial charge on any atom is -0.382 e. The van der Waals surface area contributed by atoms with Gasteiger partial charge in [-0.05, 0) is 38.0 Å². The summed E-state index contributed by atoms with van der Waals surface area (Å²) in [5, 5.41) is 7.01. The molecule has 0 aliphatic carbocycles. The monoisotopic (exact) mass is 303 g/mol. The number of carbonyl (C=O) groups is 1. The summed E-state index contributed by atoms with van der Waals surface area (Å²) in [6.07, 6.45) is 2.65. The van der Waals surface area contributed by atoms with Crippen molar-refractivity contribution in [2.24, 2.45) is 0 Å². The molecule has 3 rings (SSSR count). The Bertz CT molecular complexity index is 514. The van der Waals surface area contributed by atoms with Crippen LogP contribution in [0.3, 0.4) is 0 Å². The van der Waals surface area contributed by atoms with Crippen molar-refractivity contribution in [3.8, 4) is 0 Å². The summed E-state index contributed by atoms with van der Waals surface area (Å²) in [6.45, 7) is 5.55. The minimum absolute atomic E-state index is 0.230. The molecule has 2 atom stereocenters. The number of morpholine rings is 1. The molecule has 2 heterocycles. The molecule has 0 aromatic heterocycles. The van der Waals surface area contributed by atoms with Crippen molar-refractivity contribution in [1.29, 1.82) is 0 Å². The zero-order chi connectivity index (χ0) is 15.4. The molecule has 2 saturated heterocycles. The number of nitrogens with zero attached hydrogens (tertiary/aromatic N) is 1. The second-order valence-electron chi connectivity index (χ2n) is 6.21. The summed E-state index contributed by atoms with van der Waals surface area (Å²) in [4.78, 5) is 13.7. The molecule has 0 saturated carbocycles. The van der Waals surface area contributed by atoms with Crippen LogP contribution < -0.4 is 15.5 Å². The highest BCUT2D eigenvalue weighted by Crippen LogP contribution is 2.24. The van der Waals surface area contributed by atoms with Gasteiger partial charge >= 0.3 is 0 Å². The first-order valence-corrected chi connectivity index (χ1v) is 8.20. The maximum atomic E-state index is 11.9. The van der Waals surface area contributed by atoms with Crippen molar-refractivity contribution in [2.75, 3.05) is 36.5 Å². The van der Waals surface area contributed by atoms with Gasteiger partial charge in [-0.15, -0.1) is 0 Å². The fourth-order valence-corrected chi connectivity index (χ4v) is 3.23. The fourth-order valence-electron chi connectivity index (χ4n) is 3.23. The van der Waals surface area contributed by atoms with E-state index in [0.29, 0.717) is 18.5 Å². The van der Waals surface area contributed by atoms with E-state index in [2.05, 4.69) is 29.7 Å². The zero-order valence-corrected chi connectivity index (χ0v) is 13.2. The van der Waals surface area contributed by atoms with Crippen LogP contribution in [-0.4, -0.2) is 44.3 Å². The molecule has 5 heteroatoms. The molecule has 2 N–H and O–H groups in total. The predicted octanol–water partition coefficient (Wildman–Crippen LogP) is 1.99. The van der Waals surface area contributed by atoms with Crippen LogP contribution in [0.2, 0.25) is 0 Å². The van der Waals surface area contributed by atoms with E-state index >= 15 is 0 Å². The molecule has 1 aromatic rings. The van der Waals surface area contributed by atoms with Gasteiger partial charge in [0.15, 0.2) is 0 Å². The lowest BCUT2D eigenvalue weighted by molar-refractivity contribution is -0.117. The van der Waals surface area contributed by atoms with Crippen LogP contribution in [-0.2, 0) is 9.53 Å². The van der Waals surface area contributed by atoms with Gasteiger partial charge in [0.2, 0.25) is 5.91 Å². The lowest BCUT2D eigenvalue weighted by atomic mass is 10.1. The number of ether oxygens (including phenoxy) is 1. The molecule has 2 unspecified atom stereocenters. The van der Waals surface area contributed by atoms with E-state index in [1.54, 1.807) is 0 Å². The lowest BCUT2D eigenvalue weighted by Crippen LogP contribution is -2.43. The van der Waals surface area contributed by atoms with Gasteiger partial charge in [0.1, 0.15) is 0 Å². The number of carbonyl (C=O) groups excluding carboxylic acids is 1. The second kappa shape index (κ2) is 7.11. The van der Waals surface area contributed by atoms with Gasteiger partial charge in [-0.1, -0.05) is 6.07 Å². The topological polar surface area (TPSA) is 53.6 Å². The molecular formula is C17H25N3O2. The smallest absolute Gasteiger partial charge is 0.227 e. The van der Waals surface area contributed by atoms with E-state index in [1.807, 2.05) is 17.0 Å². The van der Waals surface area contributed by atoms with Gasteiger partial charge in [-0.3, -0.25) is 4.79 Å². The van der Waals surface area contributed by atoms with E-state index in [-0.39, 0.29) is 5.91 Å². The molecule has 5 nitrogen and oxygen atoms in total. The molecule has 120 valence electrons. The molecule has 1 amide bonds. The average molecular weight is 303 g/mol. The lowest BCUT2D eigenvalue weighted by Gasteiger charge is -2.27. The fraction of sp³-hybridized carbons (Fsp3) is 0.588. The summed E-state index contributed by atoms with van der Waals surface area (Å²) in [5.74, 6) is 0.230. The Morgan fingerprint density at radius 1 is 1.50 bits per heavy atom. The van der Waals surface area contributed by atoms with Crippen LogP contribution in [0.1, 0.15) is 26.2 Å². The van der Waals surface area contributed by atoms with Gasteiger partial charge < -0.3 is 20.3 Å². The SMILES string of the molecule is CC(CC1COCCN1)Nc1cccc(N2CCCC2=O)c1. The zero-order valence-electron chi connectivity index (χ0n) is 13.2. The van der Waals surface area contributed by atoms with E-state index in [0.717, 1.165) is 50.5 Å². The molecule has 2 fully saturated rings. The largest absolute Gasteiger partial charge is 0.382 e. The first kappa shape index (κ1) is 15.3. The number of amides is 1. The Kier molecular flexibility index (Phi) is 4.95. The summed E-state index contributed by atoms with van der Waals surface area (Å²) < 4.78 is 5.50. The first-order chi connectivity index (χ1) is 10.7. The molecule has 22 heavy (non-hydrogen) atoms. The minimum atomic E-state index is 0.230. The van der Waals surface area contributed by atoms with Crippen molar-refractivity contribution < 1.29 is 9.53 Å². The van der Waals surface area contributed by atoms with Crippen molar-refractivity contribution >= 4 is 17.3 Å². The molecule has 2 aliphatic rings. The van der Waals surface area contributed by atoms with Crippen LogP contribution in [0.25, 0.3) is 0 Å². The highest BCUT2D eigenvalue weighted by atomic mass is 16.5. The van der Waals surface area contributed by atoms with E-state index in [9.17, 15) is 4.79 Å². The van der Waals surface area contributed by atoms with Crippen molar-refractivity contribution in [3.63, 3.8) is 0 Å². The van der Waals surface area contributed by atoms with Gasteiger partial charge in [-0.2, -0.15) is 0 Å². The van der Waals surface area contributed by atoms with E-state index < -0.39 is 0 Å². The summed E-state index contributed by atoms with van der Waals surface area (Å²) in [5.41, 5.74) is 2.07. The van der Waals surface area contributed by atoms with Crippen LogP contribution in [0, 0.1) is 0 Å². The Hall–Kier alpha value is -1.59. The third-order valence-electron chi connectivity index (χ3n) is 4.28. The number of anilines is 2. The van der Waals surface area contributed by atoms with Gasteiger partial charge in [0, 0.05) is 43.0 Å². The first-order valence-electron chi connectivity index (χ1n) is 8.20. The third kappa shape index (κ3) is 3.78. The Morgan fingerprint density at radius 3 is 3.14 bits per heavy atom. The maximum Gasteiger partial charge on any atom is 0.227 e. The summed E-state index contributed by atoms with van der Waals surface area (Å²) >= 11 is 0. The second-order valence-corrected chi connectivity index (χ2v) is 6.21. The molecule has 1 aromatic carbocycles. The van der Waals surface area contributed by atoms with Crippen LogP contribution in [0.5, 0.6) is 0 Å². The molecule has 0 radical (unpaired) electrons. The van der Waals surface area contributed by atoms with Crippen LogP contribution in [0.4, 0.5) is 11.4 Å². The normalized spacial score (nSPS) is 23.6. The quantitative estimate of drug-likeness (QED) is 0.873. The highest BCUT2D eigenvalue weighted by molar-refractivity contribution is 5.95. The summed E-state index contributed by atoms with van der Waals surface area (Å²) in [6, 6.07) is 8.92. The number of hydrogen-bond acceptors (Lipinski definition) is 4. The Balaban J connectivity index is 1.58. The highest BCUT2D eigenvalue weighted by Gasteiger charge is 2.22. The van der Waals surface area contributed by atoms with Crippen LogP contribution >= 0.6 is 0 Å². The number of hydrogen-bond donors (Lipinski definition) is 2. The average Bonchev–Trinajstić information content (AvgIpc) is 2.94.